The first-order valence-electron chi connectivity index (χ1n) is 5.04. The molecule has 76 valence electrons. The number of aliphatic hydroxyl groups is 1. The maximum atomic E-state index is 13.6. The fraction of sp³-hybridized carbons (Fsp3) is 0.500. The van der Waals surface area contributed by atoms with Crippen molar-refractivity contribution >= 4 is 0 Å². The van der Waals surface area contributed by atoms with Crippen LogP contribution in [-0.2, 0) is 0 Å². The summed E-state index contributed by atoms with van der Waals surface area (Å²) >= 11 is 0. The van der Waals surface area contributed by atoms with Crippen LogP contribution >= 0.6 is 0 Å². The predicted molar refractivity (Wildman–Crippen MR) is 53.6 cm³/mol. The van der Waals surface area contributed by atoms with Gasteiger partial charge >= 0.3 is 0 Å². The van der Waals surface area contributed by atoms with Gasteiger partial charge < -0.3 is 5.11 Å². The number of rotatable bonds is 2. The van der Waals surface area contributed by atoms with E-state index in [0.29, 0.717) is 5.56 Å². The largest absolute Gasteiger partial charge is 0.388 e. The summed E-state index contributed by atoms with van der Waals surface area (Å²) in [5, 5.41) is 9.87. The second kappa shape index (κ2) is 3.35. The maximum Gasteiger partial charge on any atom is 0.129 e. The molecule has 1 aliphatic carbocycles. The van der Waals surface area contributed by atoms with Crippen LogP contribution in [0.2, 0.25) is 0 Å². The Labute approximate surface area is 83.6 Å². The molecule has 2 heteroatoms. The number of hydrogen-bond donors (Lipinski definition) is 1. The third kappa shape index (κ3) is 1.67. The molecule has 1 unspecified atom stereocenters. The molecule has 0 aliphatic heterocycles. The fourth-order valence-electron chi connectivity index (χ4n) is 1.95. The van der Waals surface area contributed by atoms with Crippen molar-refractivity contribution in [1.82, 2.24) is 0 Å². The smallest absolute Gasteiger partial charge is 0.129 e. The van der Waals surface area contributed by atoms with E-state index in [-0.39, 0.29) is 11.7 Å². The van der Waals surface area contributed by atoms with Crippen LogP contribution in [0, 0.1) is 25.6 Å². The van der Waals surface area contributed by atoms with E-state index in [1.165, 1.54) is 6.07 Å². The summed E-state index contributed by atoms with van der Waals surface area (Å²) in [6.45, 7) is 3.72. The van der Waals surface area contributed by atoms with Crippen molar-refractivity contribution in [2.24, 2.45) is 5.92 Å². The Kier molecular flexibility index (Phi) is 2.31. The maximum absolute atomic E-state index is 13.6. The summed E-state index contributed by atoms with van der Waals surface area (Å²) in [6.07, 6.45) is 1.44. The van der Waals surface area contributed by atoms with E-state index >= 15 is 0 Å². The zero-order valence-corrected chi connectivity index (χ0v) is 8.55. The Morgan fingerprint density at radius 1 is 1.36 bits per heavy atom. The molecule has 1 aromatic rings. The third-order valence-corrected chi connectivity index (χ3v) is 2.85. The normalized spacial score (nSPS) is 18.3. The van der Waals surface area contributed by atoms with Crippen LogP contribution < -0.4 is 0 Å². The number of hydrogen-bond acceptors (Lipinski definition) is 1. The van der Waals surface area contributed by atoms with E-state index in [0.717, 1.165) is 24.0 Å². The van der Waals surface area contributed by atoms with E-state index in [2.05, 4.69) is 0 Å². The molecule has 0 saturated heterocycles. The Hall–Kier alpha value is -0.890. The van der Waals surface area contributed by atoms with Crippen LogP contribution in [0.5, 0.6) is 0 Å². The summed E-state index contributed by atoms with van der Waals surface area (Å²) in [7, 11) is 0. The average Bonchev–Trinajstić information content (AvgIpc) is 2.83. The summed E-state index contributed by atoms with van der Waals surface area (Å²) in [4.78, 5) is 0. The number of halogens is 1. The van der Waals surface area contributed by atoms with Crippen LogP contribution in [0.25, 0.3) is 0 Å². The average molecular weight is 194 g/mol. The van der Waals surface area contributed by atoms with Gasteiger partial charge in [-0.05, 0) is 49.8 Å². The molecular weight excluding hydrogens is 179 g/mol. The van der Waals surface area contributed by atoms with E-state index in [1.807, 2.05) is 19.9 Å². The van der Waals surface area contributed by atoms with Crippen molar-refractivity contribution in [3.8, 4) is 0 Å². The van der Waals surface area contributed by atoms with Gasteiger partial charge in [-0.3, -0.25) is 0 Å². The van der Waals surface area contributed by atoms with Gasteiger partial charge in [-0.1, -0.05) is 6.07 Å². The van der Waals surface area contributed by atoms with Gasteiger partial charge in [-0.15, -0.1) is 0 Å². The minimum atomic E-state index is -0.601. The van der Waals surface area contributed by atoms with Gasteiger partial charge in [0.15, 0.2) is 0 Å². The van der Waals surface area contributed by atoms with Gasteiger partial charge in [0.25, 0.3) is 0 Å². The molecule has 14 heavy (non-hydrogen) atoms. The second-order valence-electron chi connectivity index (χ2n) is 4.26. The first kappa shape index (κ1) is 9.66. The summed E-state index contributed by atoms with van der Waals surface area (Å²) in [5.41, 5.74) is 2.27. The van der Waals surface area contributed by atoms with Crippen molar-refractivity contribution in [3.05, 3.63) is 34.6 Å². The van der Waals surface area contributed by atoms with Crippen molar-refractivity contribution < 1.29 is 9.50 Å². The summed E-state index contributed by atoms with van der Waals surface area (Å²) < 4.78 is 13.6. The van der Waals surface area contributed by atoms with E-state index in [9.17, 15) is 9.50 Å². The van der Waals surface area contributed by atoms with E-state index in [4.69, 9.17) is 0 Å². The SMILES string of the molecule is Cc1cc(C)c(C(O)C2CC2)c(F)c1. The molecule has 0 aromatic heterocycles. The Balaban J connectivity index is 2.40. The highest BCUT2D eigenvalue weighted by atomic mass is 19.1. The van der Waals surface area contributed by atoms with Crippen molar-refractivity contribution in [1.29, 1.82) is 0 Å². The molecule has 1 aliphatic rings. The lowest BCUT2D eigenvalue weighted by Gasteiger charge is -2.14. The zero-order chi connectivity index (χ0) is 10.3. The number of benzene rings is 1. The molecule has 1 atom stereocenters. The van der Waals surface area contributed by atoms with Gasteiger partial charge in [0.2, 0.25) is 0 Å². The van der Waals surface area contributed by atoms with Crippen molar-refractivity contribution in [2.45, 2.75) is 32.8 Å². The van der Waals surface area contributed by atoms with Gasteiger partial charge in [0, 0.05) is 5.56 Å². The molecule has 0 amide bonds. The lowest BCUT2D eigenvalue weighted by Crippen LogP contribution is -2.05. The van der Waals surface area contributed by atoms with Crippen molar-refractivity contribution in [3.63, 3.8) is 0 Å². The van der Waals surface area contributed by atoms with Crippen LogP contribution in [0.1, 0.15) is 35.6 Å². The van der Waals surface area contributed by atoms with E-state index in [1.54, 1.807) is 0 Å². The predicted octanol–water partition coefficient (Wildman–Crippen LogP) is 2.89. The number of aliphatic hydroxyl groups excluding tert-OH is 1. The minimum absolute atomic E-state index is 0.262. The number of aryl methyl sites for hydroxylation is 2. The van der Waals surface area contributed by atoms with Crippen molar-refractivity contribution in [2.75, 3.05) is 0 Å². The summed E-state index contributed by atoms with van der Waals surface area (Å²) in [5.74, 6) is 0.0211. The van der Waals surface area contributed by atoms with Crippen LogP contribution in [0.15, 0.2) is 12.1 Å². The fourth-order valence-corrected chi connectivity index (χ4v) is 1.95. The van der Waals surface area contributed by atoms with Crippen LogP contribution in [-0.4, -0.2) is 5.11 Å². The van der Waals surface area contributed by atoms with Gasteiger partial charge in [-0.25, -0.2) is 4.39 Å². The molecule has 0 radical (unpaired) electrons. The van der Waals surface area contributed by atoms with E-state index < -0.39 is 6.10 Å². The highest BCUT2D eigenvalue weighted by Crippen LogP contribution is 2.42. The van der Waals surface area contributed by atoms with Crippen LogP contribution in [0.3, 0.4) is 0 Å². The minimum Gasteiger partial charge on any atom is -0.388 e. The Morgan fingerprint density at radius 3 is 2.50 bits per heavy atom. The van der Waals surface area contributed by atoms with Gasteiger partial charge in [0.1, 0.15) is 5.82 Å². The summed E-state index contributed by atoms with van der Waals surface area (Å²) in [6, 6.07) is 3.41. The second-order valence-corrected chi connectivity index (χ2v) is 4.26. The van der Waals surface area contributed by atoms with Gasteiger partial charge in [-0.2, -0.15) is 0 Å². The molecule has 1 nitrogen and oxygen atoms in total. The topological polar surface area (TPSA) is 20.2 Å². The lowest BCUT2D eigenvalue weighted by atomic mass is 9.97. The molecule has 1 N–H and O–H groups in total. The highest BCUT2D eigenvalue weighted by molar-refractivity contribution is 5.34. The standard InChI is InChI=1S/C12H15FO/c1-7-5-8(2)11(10(13)6-7)12(14)9-3-4-9/h5-6,9,12,14H,3-4H2,1-2H3. The molecule has 1 saturated carbocycles. The third-order valence-electron chi connectivity index (χ3n) is 2.85. The monoisotopic (exact) mass is 194 g/mol. The molecule has 2 rings (SSSR count). The molecule has 1 fully saturated rings. The molecule has 1 aromatic carbocycles. The molecule has 0 spiro atoms. The Morgan fingerprint density at radius 2 is 2.00 bits per heavy atom. The molecular formula is C12H15FO. The zero-order valence-electron chi connectivity index (χ0n) is 8.55. The lowest BCUT2D eigenvalue weighted by molar-refractivity contribution is 0.148. The van der Waals surface area contributed by atoms with Gasteiger partial charge in [0.05, 0.1) is 6.10 Å². The highest BCUT2D eigenvalue weighted by Gasteiger charge is 2.33. The quantitative estimate of drug-likeness (QED) is 0.767. The van der Waals surface area contributed by atoms with Crippen LogP contribution in [0.4, 0.5) is 4.39 Å². The first-order valence-corrected chi connectivity index (χ1v) is 5.04. The Bertz CT molecular complexity index is 332. The molecule has 0 heterocycles. The molecule has 0 bridgehead atoms. The first-order chi connectivity index (χ1) is 6.59.